The summed E-state index contributed by atoms with van der Waals surface area (Å²) in [7, 11) is 1.76. The summed E-state index contributed by atoms with van der Waals surface area (Å²) in [6.07, 6.45) is 0.238. The molecule has 0 aliphatic carbocycles. The molecule has 0 saturated heterocycles. The number of hydrogen-bond acceptors (Lipinski definition) is 3. The Hall–Kier alpha value is -0.380. The first-order valence-electron chi connectivity index (χ1n) is 5.81. The first-order chi connectivity index (χ1) is 7.45. The summed E-state index contributed by atoms with van der Waals surface area (Å²) in [5, 5.41) is 3.58. The molecule has 0 bridgehead atoms. The standard InChI is InChI=1S/C13H23NOS/c1-8-7-13(12(5)16-8)10(3)14-9(2)11(4)15-6/h7,9-11,14H,1-6H3. The van der Waals surface area contributed by atoms with E-state index in [-0.39, 0.29) is 6.10 Å². The zero-order chi connectivity index (χ0) is 12.3. The van der Waals surface area contributed by atoms with Crippen LogP contribution in [0.3, 0.4) is 0 Å². The second kappa shape index (κ2) is 5.80. The minimum absolute atomic E-state index is 0.238. The molecule has 3 atom stereocenters. The summed E-state index contributed by atoms with van der Waals surface area (Å²) in [4.78, 5) is 2.79. The van der Waals surface area contributed by atoms with Crippen LogP contribution in [-0.2, 0) is 4.74 Å². The van der Waals surface area contributed by atoms with Gasteiger partial charge in [0.1, 0.15) is 0 Å². The third-order valence-corrected chi connectivity index (χ3v) is 4.12. The second-order valence-electron chi connectivity index (χ2n) is 4.49. The van der Waals surface area contributed by atoms with Crippen molar-refractivity contribution in [3.05, 3.63) is 21.4 Å². The molecule has 0 aromatic carbocycles. The van der Waals surface area contributed by atoms with Crippen molar-refractivity contribution in [2.75, 3.05) is 7.11 Å². The van der Waals surface area contributed by atoms with Crippen LogP contribution in [0.5, 0.6) is 0 Å². The fourth-order valence-corrected chi connectivity index (χ4v) is 2.93. The number of nitrogens with one attached hydrogen (secondary N) is 1. The molecule has 1 aromatic heterocycles. The fraction of sp³-hybridized carbons (Fsp3) is 0.692. The van der Waals surface area contributed by atoms with E-state index >= 15 is 0 Å². The predicted molar refractivity (Wildman–Crippen MR) is 71.3 cm³/mol. The Labute approximate surface area is 103 Å². The van der Waals surface area contributed by atoms with E-state index < -0.39 is 0 Å². The van der Waals surface area contributed by atoms with Crippen molar-refractivity contribution in [2.24, 2.45) is 0 Å². The van der Waals surface area contributed by atoms with E-state index in [0.29, 0.717) is 12.1 Å². The van der Waals surface area contributed by atoms with Crippen LogP contribution in [0, 0.1) is 13.8 Å². The van der Waals surface area contributed by atoms with E-state index in [1.165, 1.54) is 15.3 Å². The van der Waals surface area contributed by atoms with Crippen LogP contribution in [0.25, 0.3) is 0 Å². The van der Waals surface area contributed by atoms with Gasteiger partial charge in [-0.25, -0.2) is 0 Å². The van der Waals surface area contributed by atoms with Gasteiger partial charge in [-0.05, 0) is 46.2 Å². The lowest BCUT2D eigenvalue weighted by Gasteiger charge is -2.24. The smallest absolute Gasteiger partial charge is 0.0693 e. The molecule has 1 N–H and O–H groups in total. The average molecular weight is 241 g/mol. The van der Waals surface area contributed by atoms with Crippen molar-refractivity contribution in [1.29, 1.82) is 0 Å². The summed E-state index contributed by atoms with van der Waals surface area (Å²) >= 11 is 1.87. The molecular formula is C13H23NOS. The number of aryl methyl sites for hydroxylation is 2. The van der Waals surface area contributed by atoms with E-state index in [4.69, 9.17) is 4.74 Å². The maximum atomic E-state index is 5.32. The molecule has 0 spiro atoms. The molecule has 16 heavy (non-hydrogen) atoms. The third kappa shape index (κ3) is 3.30. The molecule has 0 saturated carbocycles. The summed E-state index contributed by atoms with van der Waals surface area (Å²) in [6.45, 7) is 10.8. The molecule has 3 heteroatoms. The van der Waals surface area contributed by atoms with Crippen molar-refractivity contribution >= 4 is 11.3 Å². The van der Waals surface area contributed by atoms with Gasteiger partial charge in [-0.3, -0.25) is 0 Å². The number of thiophene rings is 1. The molecule has 1 aromatic rings. The highest BCUT2D eigenvalue weighted by atomic mass is 32.1. The van der Waals surface area contributed by atoms with E-state index in [2.05, 4.69) is 46.0 Å². The van der Waals surface area contributed by atoms with Crippen LogP contribution in [0.4, 0.5) is 0 Å². The van der Waals surface area contributed by atoms with Gasteiger partial charge in [0.2, 0.25) is 0 Å². The van der Waals surface area contributed by atoms with Crippen molar-refractivity contribution in [2.45, 2.75) is 52.8 Å². The van der Waals surface area contributed by atoms with Gasteiger partial charge in [0.25, 0.3) is 0 Å². The van der Waals surface area contributed by atoms with Gasteiger partial charge in [0, 0.05) is 28.9 Å². The Morgan fingerprint density at radius 1 is 1.25 bits per heavy atom. The van der Waals surface area contributed by atoms with Crippen molar-refractivity contribution in [1.82, 2.24) is 5.32 Å². The van der Waals surface area contributed by atoms with Gasteiger partial charge in [-0.2, -0.15) is 0 Å². The number of hydrogen-bond donors (Lipinski definition) is 1. The molecule has 0 amide bonds. The van der Waals surface area contributed by atoms with Gasteiger partial charge in [0.05, 0.1) is 6.10 Å². The highest BCUT2D eigenvalue weighted by Crippen LogP contribution is 2.26. The minimum atomic E-state index is 0.238. The van der Waals surface area contributed by atoms with Gasteiger partial charge in [0.15, 0.2) is 0 Å². The SMILES string of the molecule is COC(C)C(C)NC(C)c1cc(C)sc1C. The third-order valence-electron chi connectivity index (χ3n) is 3.13. The van der Waals surface area contributed by atoms with Crippen LogP contribution < -0.4 is 5.32 Å². The van der Waals surface area contributed by atoms with Crippen molar-refractivity contribution in [3.63, 3.8) is 0 Å². The Kier molecular flexibility index (Phi) is 4.96. The zero-order valence-electron chi connectivity index (χ0n) is 11.1. The highest BCUT2D eigenvalue weighted by molar-refractivity contribution is 7.12. The molecule has 0 fully saturated rings. The number of ether oxygens (including phenoxy) is 1. The van der Waals surface area contributed by atoms with E-state index in [0.717, 1.165) is 0 Å². The van der Waals surface area contributed by atoms with Crippen LogP contribution in [0.15, 0.2) is 6.07 Å². The normalized spacial score (nSPS) is 17.1. The van der Waals surface area contributed by atoms with Crippen LogP contribution >= 0.6 is 11.3 Å². The van der Waals surface area contributed by atoms with Crippen molar-refractivity contribution in [3.8, 4) is 0 Å². The van der Waals surface area contributed by atoms with E-state index in [1.807, 2.05) is 11.3 Å². The van der Waals surface area contributed by atoms with Crippen LogP contribution in [0.2, 0.25) is 0 Å². The van der Waals surface area contributed by atoms with Crippen LogP contribution in [-0.4, -0.2) is 19.3 Å². The Bertz CT molecular complexity index is 335. The largest absolute Gasteiger partial charge is 0.380 e. The zero-order valence-corrected chi connectivity index (χ0v) is 11.9. The molecular weight excluding hydrogens is 218 g/mol. The Morgan fingerprint density at radius 3 is 2.31 bits per heavy atom. The lowest BCUT2D eigenvalue weighted by molar-refractivity contribution is 0.0852. The molecule has 1 rings (SSSR count). The molecule has 0 aliphatic rings. The van der Waals surface area contributed by atoms with Gasteiger partial charge in [-0.15, -0.1) is 11.3 Å². The molecule has 1 heterocycles. The highest BCUT2D eigenvalue weighted by Gasteiger charge is 2.17. The number of rotatable bonds is 5. The number of methoxy groups -OCH3 is 1. The van der Waals surface area contributed by atoms with Gasteiger partial charge < -0.3 is 10.1 Å². The molecule has 0 radical (unpaired) electrons. The molecule has 0 aliphatic heterocycles. The van der Waals surface area contributed by atoms with Crippen LogP contribution in [0.1, 0.15) is 42.1 Å². The average Bonchev–Trinajstić information content (AvgIpc) is 2.56. The topological polar surface area (TPSA) is 21.3 Å². The van der Waals surface area contributed by atoms with Gasteiger partial charge >= 0.3 is 0 Å². The Balaban J connectivity index is 2.65. The van der Waals surface area contributed by atoms with E-state index in [9.17, 15) is 0 Å². The Morgan fingerprint density at radius 2 is 1.88 bits per heavy atom. The minimum Gasteiger partial charge on any atom is -0.380 e. The van der Waals surface area contributed by atoms with E-state index in [1.54, 1.807) is 7.11 Å². The predicted octanol–water partition coefficient (Wildman–Crippen LogP) is 3.44. The quantitative estimate of drug-likeness (QED) is 0.852. The lowest BCUT2D eigenvalue weighted by atomic mass is 10.1. The summed E-state index contributed by atoms with van der Waals surface area (Å²) < 4.78 is 5.32. The lowest BCUT2D eigenvalue weighted by Crippen LogP contribution is -2.38. The molecule has 92 valence electrons. The maximum Gasteiger partial charge on any atom is 0.0693 e. The van der Waals surface area contributed by atoms with Gasteiger partial charge in [-0.1, -0.05) is 0 Å². The summed E-state index contributed by atoms with van der Waals surface area (Å²) in [5.74, 6) is 0. The summed E-state index contributed by atoms with van der Waals surface area (Å²) in [6, 6.07) is 3.03. The molecule has 3 unspecified atom stereocenters. The maximum absolute atomic E-state index is 5.32. The van der Waals surface area contributed by atoms with Crippen molar-refractivity contribution < 1.29 is 4.74 Å². The molecule has 2 nitrogen and oxygen atoms in total. The second-order valence-corrected chi connectivity index (χ2v) is 5.95. The first-order valence-corrected chi connectivity index (χ1v) is 6.63. The monoisotopic (exact) mass is 241 g/mol. The fourth-order valence-electron chi connectivity index (χ4n) is 1.90. The first kappa shape index (κ1) is 13.7. The summed E-state index contributed by atoms with van der Waals surface area (Å²) in [5.41, 5.74) is 1.41.